The Morgan fingerprint density at radius 1 is 1.29 bits per heavy atom. The molecule has 1 N–H and O–H groups in total. The van der Waals surface area contributed by atoms with Crippen LogP contribution in [0, 0.1) is 5.92 Å². The summed E-state index contributed by atoms with van der Waals surface area (Å²) in [6, 6.07) is 10.4. The maximum Gasteiger partial charge on any atom is 0.0721 e. The van der Waals surface area contributed by atoms with Crippen LogP contribution in [-0.2, 0) is 11.3 Å². The van der Waals surface area contributed by atoms with Crippen molar-refractivity contribution in [1.29, 1.82) is 0 Å². The average Bonchev–Trinajstić information content (AvgIpc) is 2.62. The van der Waals surface area contributed by atoms with Gasteiger partial charge in [-0.25, -0.2) is 0 Å². The summed E-state index contributed by atoms with van der Waals surface area (Å²) in [4.78, 5) is 0. The van der Waals surface area contributed by atoms with Crippen LogP contribution in [0.5, 0.6) is 0 Å². The molecule has 1 aliphatic rings. The van der Waals surface area contributed by atoms with E-state index in [0.29, 0.717) is 6.10 Å². The minimum absolute atomic E-state index is 0.377. The fraction of sp³-hybridized carbons (Fsp3) is 0.600. The summed E-state index contributed by atoms with van der Waals surface area (Å²) in [5.41, 5.74) is 1.27. The molecule has 0 aromatic heterocycles. The van der Waals surface area contributed by atoms with E-state index in [9.17, 15) is 0 Å². The van der Waals surface area contributed by atoms with E-state index < -0.39 is 0 Å². The van der Waals surface area contributed by atoms with Gasteiger partial charge < -0.3 is 10.1 Å². The molecular formula is C15H23NO. The number of hydrogen-bond acceptors (Lipinski definition) is 2. The Kier molecular flexibility index (Phi) is 5.02. The predicted molar refractivity (Wildman–Crippen MR) is 70.9 cm³/mol. The number of hydrogen-bond donors (Lipinski definition) is 1. The molecule has 2 unspecified atom stereocenters. The second-order valence-corrected chi connectivity index (χ2v) is 4.92. The molecule has 2 rings (SSSR count). The van der Waals surface area contributed by atoms with E-state index in [1.165, 1.54) is 24.8 Å². The highest BCUT2D eigenvalue weighted by atomic mass is 16.5. The highest BCUT2D eigenvalue weighted by Gasteiger charge is 2.18. The van der Waals surface area contributed by atoms with Crippen molar-refractivity contribution < 1.29 is 4.74 Å². The Bertz CT molecular complexity index is 312. The van der Waals surface area contributed by atoms with E-state index in [1.807, 2.05) is 6.07 Å². The summed E-state index contributed by atoms with van der Waals surface area (Å²) in [5.74, 6) is 0.825. The molecule has 0 radical (unpaired) electrons. The summed E-state index contributed by atoms with van der Waals surface area (Å²) >= 11 is 0. The molecule has 0 aliphatic carbocycles. The van der Waals surface area contributed by atoms with Crippen molar-refractivity contribution >= 4 is 0 Å². The Hall–Kier alpha value is -0.860. The van der Waals surface area contributed by atoms with Gasteiger partial charge >= 0.3 is 0 Å². The van der Waals surface area contributed by atoms with Gasteiger partial charge in [-0.2, -0.15) is 0 Å². The fourth-order valence-corrected chi connectivity index (χ4v) is 2.43. The van der Waals surface area contributed by atoms with Crippen molar-refractivity contribution in [2.75, 3.05) is 13.1 Å². The molecule has 1 aromatic carbocycles. The maximum atomic E-state index is 6.02. The molecule has 0 amide bonds. The predicted octanol–water partition coefficient (Wildman–Crippen LogP) is 2.98. The largest absolute Gasteiger partial charge is 0.372 e. The zero-order valence-electron chi connectivity index (χ0n) is 10.7. The Morgan fingerprint density at radius 3 is 2.88 bits per heavy atom. The van der Waals surface area contributed by atoms with Crippen LogP contribution in [0.4, 0.5) is 0 Å². The molecule has 1 heterocycles. The first-order valence-corrected chi connectivity index (χ1v) is 6.74. The highest BCUT2D eigenvalue weighted by molar-refractivity contribution is 5.13. The van der Waals surface area contributed by atoms with Gasteiger partial charge in [-0.15, -0.1) is 0 Å². The summed E-state index contributed by atoms with van der Waals surface area (Å²) in [6.45, 7) is 5.17. The van der Waals surface area contributed by atoms with Crippen LogP contribution in [0.2, 0.25) is 0 Å². The van der Waals surface area contributed by atoms with E-state index in [2.05, 4.69) is 36.5 Å². The third kappa shape index (κ3) is 4.14. The molecule has 0 spiro atoms. The lowest BCUT2D eigenvalue weighted by Gasteiger charge is -2.19. The van der Waals surface area contributed by atoms with Crippen molar-refractivity contribution in [3.63, 3.8) is 0 Å². The Labute approximate surface area is 104 Å². The van der Waals surface area contributed by atoms with Gasteiger partial charge in [0.1, 0.15) is 0 Å². The Morgan fingerprint density at radius 2 is 2.12 bits per heavy atom. The van der Waals surface area contributed by atoms with E-state index in [0.717, 1.165) is 25.6 Å². The van der Waals surface area contributed by atoms with Crippen molar-refractivity contribution in [3.8, 4) is 0 Å². The lowest BCUT2D eigenvalue weighted by Crippen LogP contribution is -2.27. The van der Waals surface area contributed by atoms with Gasteiger partial charge in [-0.1, -0.05) is 43.7 Å². The van der Waals surface area contributed by atoms with Gasteiger partial charge in [0.05, 0.1) is 12.7 Å². The number of benzene rings is 1. The van der Waals surface area contributed by atoms with Crippen LogP contribution in [0.3, 0.4) is 0 Å². The molecule has 0 saturated carbocycles. The second-order valence-electron chi connectivity index (χ2n) is 4.92. The average molecular weight is 233 g/mol. The van der Waals surface area contributed by atoms with Crippen molar-refractivity contribution in [2.45, 2.75) is 38.9 Å². The standard InChI is InChI=1S/C15H23NO/c1-2-13-8-9-16-11-15(10-13)17-12-14-6-4-3-5-7-14/h3-7,13,15-16H,2,8-12H2,1H3. The smallest absolute Gasteiger partial charge is 0.0721 e. The summed E-state index contributed by atoms with van der Waals surface area (Å²) in [6.07, 6.45) is 4.15. The molecule has 0 bridgehead atoms. The number of nitrogens with one attached hydrogen (secondary N) is 1. The molecule has 2 heteroatoms. The highest BCUT2D eigenvalue weighted by Crippen LogP contribution is 2.19. The van der Waals surface area contributed by atoms with Gasteiger partial charge in [0.15, 0.2) is 0 Å². The monoisotopic (exact) mass is 233 g/mol. The summed E-state index contributed by atoms with van der Waals surface area (Å²) in [7, 11) is 0. The first-order chi connectivity index (χ1) is 8.38. The normalized spacial score (nSPS) is 25.5. The van der Waals surface area contributed by atoms with Crippen LogP contribution in [0.25, 0.3) is 0 Å². The molecular weight excluding hydrogens is 210 g/mol. The minimum atomic E-state index is 0.377. The molecule has 94 valence electrons. The molecule has 1 aliphatic heterocycles. The quantitative estimate of drug-likeness (QED) is 0.863. The topological polar surface area (TPSA) is 21.3 Å². The molecule has 17 heavy (non-hydrogen) atoms. The zero-order valence-corrected chi connectivity index (χ0v) is 10.7. The van der Waals surface area contributed by atoms with E-state index in [4.69, 9.17) is 4.74 Å². The van der Waals surface area contributed by atoms with Gasteiger partial charge in [0.2, 0.25) is 0 Å². The number of rotatable bonds is 4. The van der Waals surface area contributed by atoms with Gasteiger partial charge in [0, 0.05) is 6.54 Å². The van der Waals surface area contributed by atoms with Crippen LogP contribution in [-0.4, -0.2) is 19.2 Å². The van der Waals surface area contributed by atoms with E-state index >= 15 is 0 Å². The van der Waals surface area contributed by atoms with Crippen LogP contribution in [0.1, 0.15) is 31.7 Å². The van der Waals surface area contributed by atoms with E-state index in [-0.39, 0.29) is 0 Å². The minimum Gasteiger partial charge on any atom is -0.372 e. The van der Waals surface area contributed by atoms with Crippen molar-refractivity contribution in [3.05, 3.63) is 35.9 Å². The van der Waals surface area contributed by atoms with Crippen LogP contribution in [0.15, 0.2) is 30.3 Å². The third-order valence-corrected chi connectivity index (χ3v) is 3.60. The zero-order chi connectivity index (χ0) is 11.9. The maximum absolute atomic E-state index is 6.02. The SMILES string of the molecule is CCC1CCNCC(OCc2ccccc2)C1. The molecule has 1 aromatic rings. The Balaban J connectivity index is 1.81. The third-order valence-electron chi connectivity index (χ3n) is 3.60. The van der Waals surface area contributed by atoms with Gasteiger partial charge in [-0.05, 0) is 30.9 Å². The first-order valence-electron chi connectivity index (χ1n) is 6.74. The molecule has 2 atom stereocenters. The van der Waals surface area contributed by atoms with Gasteiger partial charge in [-0.3, -0.25) is 0 Å². The van der Waals surface area contributed by atoms with Crippen LogP contribution < -0.4 is 5.32 Å². The summed E-state index contributed by atoms with van der Waals surface area (Å²) in [5, 5.41) is 3.47. The first kappa shape index (κ1) is 12.6. The molecule has 2 nitrogen and oxygen atoms in total. The fourth-order valence-electron chi connectivity index (χ4n) is 2.43. The summed E-state index contributed by atoms with van der Waals surface area (Å²) < 4.78 is 6.02. The molecule has 1 saturated heterocycles. The van der Waals surface area contributed by atoms with Crippen molar-refractivity contribution in [2.24, 2.45) is 5.92 Å². The molecule has 1 fully saturated rings. The van der Waals surface area contributed by atoms with Crippen LogP contribution >= 0.6 is 0 Å². The van der Waals surface area contributed by atoms with E-state index in [1.54, 1.807) is 0 Å². The lowest BCUT2D eigenvalue weighted by molar-refractivity contribution is 0.0301. The lowest BCUT2D eigenvalue weighted by atomic mass is 9.97. The second kappa shape index (κ2) is 6.77. The van der Waals surface area contributed by atoms with Gasteiger partial charge in [0.25, 0.3) is 0 Å². The van der Waals surface area contributed by atoms with Crippen molar-refractivity contribution in [1.82, 2.24) is 5.32 Å². The number of ether oxygens (including phenoxy) is 1.